The molecule has 8 nitrogen and oxygen atoms in total. The van der Waals surface area contributed by atoms with Gasteiger partial charge in [0.1, 0.15) is 12.3 Å². The van der Waals surface area contributed by atoms with Gasteiger partial charge in [-0.05, 0) is 61.2 Å². The zero-order valence-electron chi connectivity index (χ0n) is 19.2. The lowest BCUT2D eigenvalue weighted by Gasteiger charge is -2.29. The fraction of sp³-hybridized carbons (Fsp3) is 0.391. The third-order valence-corrected chi connectivity index (χ3v) is 7.22. The summed E-state index contributed by atoms with van der Waals surface area (Å²) in [4.78, 5) is 25.4. The molecule has 0 saturated carbocycles. The highest BCUT2D eigenvalue weighted by molar-refractivity contribution is 7.89. The lowest BCUT2D eigenvalue weighted by Crippen LogP contribution is -2.49. The van der Waals surface area contributed by atoms with Crippen LogP contribution in [0.25, 0.3) is 0 Å². The fourth-order valence-corrected chi connectivity index (χ4v) is 5.09. The van der Waals surface area contributed by atoms with Crippen molar-refractivity contribution in [3.8, 4) is 5.75 Å². The molecule has 1 aliphatic heterocycles. The lowest BCUT2D eigenvalue weighted by atomic mass is 9.94. The Bertz CT molecular complexity index is 1120. The minimum Gasteiger partial charge on any atom is -0.496 e. The smallest absolute Gasteiger partial charge is 0.267 e. The number of carbonyl (C=O) groups excluding carboxylic acids is 2. The number of aryl methyl sites for hydroxylation is 1. The molecular formula is C23H30ClN3O5S. The van der Waals surface area contributed by atoms with E-state index in [1.54, 1.807) is 31.2 Å². The SMILES string of the molecule is CC.COc1ccc(Cl)cc1CC1CCNC(=O)CN(S(=O)(=O)c2ccc(C)c(N)c2)C1=O. The molecule has 0 spiro atoms. The molecule has 2 aromatic rings. The summed E-state index contributed by atoms with van der Waals surface area (Å²) in [6, 6.07) is 9.28. The molecule has 2 aromatic carbocycles. The number of rotatable bonds is 5. The van der Waals surface area contributed by atoms with Crippen molar-refractivity contribution in [1.29, 1.82) is 0 Å². The van der Waals surface area contributed by atoms with E-state index in [1.807, 2.05) is 13.8 Å². The van der Waals surface area contributed by atoms with Gasteiger partial charge in [0, 0.05) is 23.2 Å². The number of carbonyl (C=O) groups is 2. The molecular weight excluding hydrogens is 466 g/mol. The van der Waals surface area contributed by atoms with E-state index >= 15 is 0 Å². The number of halogens is 1. The first-order valence-electron chi connectivity index (χ1n) is 10.7. The molecule has 0 aromatic heterocycles. The van der Waals surface area contributed by atoms with Gasteiger partial charge in [-0.1, -0.05) is 31.5 Å². The number of nitrogens with one attached hydrogen (secondary N) is 1. The van der Waals surface area contributed by atoms with E-state index in [0.29, 0.717) is 26.2 Å². The van der Waals surface area contributed by atoms with Crippen LogP contribution < -0.4 is 15.8 Å². The van der Waals surface area contributed by atoms with E-state index < -0.39 is 34.3 Å². The maximum absolute atomic E-state index is 13.4. The minimum atomic E-state index is -4.29. The summed E-state index contributed by atoms with van der Waals surface area (Å²) in [6.07, 6.45) is 0.475. The van der Waals surface area contributed by atoms with Gasteiger partial charge in [-0.2, -0.15) is 0 Å². The Hall–Kier alpha value is -2.78. The average molecular weight is 496 g/mol. The Morgan fingerprint density at radius 2 is 1.88 bits per heavy atom. The molecule has 1 heterocycles. The number of nitrogens with zero attached hydrogens (tertiary/aromatic N) is 1. The normalized spacial score (nSPS) is 16.8. The van der Waals surface area contributed by atoms with Crippen LogP contribution in [0, 0.1) is 12.8 Å². The number of anilines is 1. The highest BCUT2D eigenvalue weighted by atomic mass is 35.5. The lowest BCUT2D eigenvalue weighted by molar-refractivity contribution is -0.136. The maximum Gasteiger partial charge on any atom is 0.267 e. The van der Waals surface area contributed by atoms with Crippen molar-refractivity contribution >= 4 is 39.1 Å². The van der Waals surface area contributed by atoms with Crippen molar-refractivity contribution < 1.29 is 22.7 Å². The third kappa shape index (κ3) is 6.17. The van der Waals surface area contributed by atoms with Crippen LogP contribution in [0.2, 0.25) is 5.02 Å². The molecule has 0 radical (unpaired) electrons. The molecule has 1 atom stereocenters. The number of sulfonamides is 1. The Labute approximate surface area is 200 Å². The topological polar surface area (TPSA) is 119 Å². The van der Waals surface area contributed by atoms with Gasteiger partial charge in [0.2, 0.25) is 11.8 Å². The summed E-state index contributed by atoms with van der Waals surface area (Å²) in [5, 5.41) is 3.13. The zero-order chi connectivity index (χ0) is 24.8. The van der Waals surface area contributed by atoms with Gasteiger partial charge in [0.15, 0.2) is 0 Å². The number of nitrogens with two attached hydrogens (primary N) is 1. The molecule has 1 aliphatic rings. The first kappa shape index (κ1) is 26.5. The summed E-state index contributed by atoms with van der Waals surface area (Å²) >= 11 is 6.10. The molecule has 3 rings (SSSR count). The summed E-state index contributed by atoms with van der Waals surface area (Å²) in [5.74, 6) is -1.36. The predicted molar refractivity (Wildman–Crippen MR) is 129 cm³/mol. The molecule has 180 valence electrons. The van der Waals surface area contributed by atoms with Crippen molar-refractivity contribution in [3.05, 3.63) is 52.5 Å². The maximum atomic E-state index is 13.4. The van der Waals surface area contributed by atoms with Crippen molar-refractivity contribution in [2.45, 2.75) is 38.5 Å². The Balaban J connectivity index is 0.00000187. The first-order valence-corrected chi connectivity index (χ1v) is 12.5. The van der Waals surface area contributed by atoms with Crippen molar-refractivity contribution in [2.75, 3.05) is 25.9 Å². The van der Waals surface area contributed by atoms with Crippen LogP contribution in [-0.4, -0.2) is 44.7 Å². The van der Waals surface area contributed by atoms with E-state index in [2.05, 4.69) is 5.32 Å². The number of hydrogen-bond donors (Lipinski definition) is 2. The van der Waals surface area contributed by atoms with E-state index in [-0.39, 0.29) is 30.0 Å². The summed E-state index contributed by atoms with van der Waals surface area (Å²) in [7, 11) is -2.78. The molecule has 33 heavy (non-hydrogen) atoms. The van der Waals surface area contributed by atoms with Crippen LogP contribution in [0.5, 0.6) is 5.75 Å². The number of benzene rings is 2. The molecule has 10 heteroatoms. The minimum absolute atomic E-state index is 0.142. The molecule has 0 aliphatic carbocycles. The van der Waals surface area contributed by atoms with Crippen molar-refractivity contribution in [2.24, 2.45) is 5.92 Å². The van der Waals surface area contributed by atoms with Gasteiger partial charge in [0.25, 0.3) is 10.0 Å². The fourth-order valence-electron chi connectivity index (χ4n) is 3.45. The van der Waals surface area contributed by atoms with Crippen LogP contribution in [0.3, 0.4) is 0 Å². The molecule has 1 fully saturated rings. The second-order valence-corrected chi connectivity index (χ2v) is 9.66. The molecule has 0 bridgehead atoms. The van der Waals surface area contributed by atoms with Crippen LogP contribution in [-0.2, 0) is 26.0 Å². The van der Waals surface area contributed by atoms with Gasteiger partial charge in [-0.25, -0.2) is 12.7 Å². The summed E-state index contributed by atoms with van der Waals surface area (Å²) in [5.41, 5.74) is 7.54. The third-order valence-electron chi connectivity index (χ3n) is 5.24. The number of hydrogen-bond acceptors (Lipinski definition) is 6. The first-order chi connectivity index (χ1) is 15.6. The van der Waals surface area contributed by atoms with Gasteiger partial charge < -0.3 is 15.8 Å². The van der Waals surface area contributed by atoms with Gasteiger partial charge in [-0.3, -0.25) is 9.59 Å². The highest BCUT2D eigenvalue weighted by Crippen LogP contribution is 2.29. The molecule has 1 unspecified atom stereocenters. The number of nitrogen functional groups attached to an aromatic ring is 1. The second-order valence-electron chi connectivity index (χ2n) is 7.36. The van der Waals surface area contributed by atoms with Gasteiger partial charge >= 0.3 is 0 Å². The van der Waals surface area contributed by atoms with Crippen LogP contribution in [0.1, 0.15) is 31.4 Å². The van der Waals surface area contributed by atoms with Crippen molar-refractivity contribution in [1.82, 2.24) is 9.62 Å². The zero-order valence-corrected chi connectivity index (χ0v) is 20.8. The van der Waals surface area contributed by atoms with E-state index in [9.17, 15) is 18.0 Å². The highest BCUT2D eigenvalue weighted by Gasteiger charge is 2.37. The second kappa shape index (κ2) is 11.4. The average Bonchev–Trinajstić information content (AvgIpc) is 2.78. The van der Waals surface area contributed by atoms with Crippen LogP contribution in [0.15, 0.2) is 41.3 Å². The van der Waals surface area contributed by atoms with E-state index in [0.717, 1.165) is 0 Å². The van der Waals surface area contributed by atoms with E-state index in [4.69, 9.17) is 22.1 Å². The summed E-state index contributed by atoms with van der Waals surface area (Å²) < 4.78 is 32.5. The quantitative estimate of drug-likeness (QED) is 0.615. The molecule has 3 N–H and O–H groups in total. The Morgan fingerprint density at radius 3 is 2.52 bits per heavy atom. The predicted octanol–water partition coefficient (Wildman–Crippen LogP) is 3.16. The van der Waals surface area contributed by atoms with Crippen LogP contribution >= 0.6 is 11.6 Å². The van der Waals surface area contributed by atoms with Gasteiger partial charge in [0.05, 0.1) is 12.0 Å². The standard InChI is InChI=1S/C21H24ClN3O5S.C2H6/c1-13-3-5-17(11-18(13)23)31(28,29)25-12-20(26)24-8-7-14(21(25)27)9-15-10-16(22)4-6-19(15)30-2;1-2/h3-6,10-11,14H,7-9,12,23H2,1-2H3,(H,24,26);1-2H3. The number of ether oxygens (including phenoxy) is 1. The van der Waals surface area contributed by atoms with E-state index in [1.165, 1.54) is 19.2 Å². The van der Waals surface area contributed by atoms with Gasteiger partial charge in [-0.15, -0.1) is 0 Å². The Kier molecular flexibility index (Phi) is 9.13. The monoisotopic (exact) mass is 495 g/mol. The molecule has 1 saturated heterocycles. The molecule has 2 amide bonds. The number of amides is 2. The summed E-state index contributed by atoms with van der Waals surface area (Å²) in [6.45, 7) is 5.40. The number of methoxy groups -OCH3 is 1. The van der Waals surface area contributed by atoms with Crippen LogP contribution in [0.4, 0.5) is 5.69 Å². The van der Waals surface area contributed by atoms with Crippen molar-refractivity contribution in [3.63, 3.8) is 0 Å². The largest absolute Gasteiger partial charge is 0.496 e. The Morgan fingerprint density at radius 1 is 1.18 bits per heavy atom.